The zero-order chi connectivity index (χ0) is 17.6. The number of ether oxygens (including phenoxy) is 1. The third-order valence-corrected chi connectivity index (χ3v) is 3.09. The van der Waals surface area contributed by atoms with Crippen LogP contribution in [0.3, 0.4) is 0 Å². The number of esters is 1. The van der Waals surface area contributed by atoms with Gasteiger partial charge < -0.3 is 9.64 Å². The first-order chi connectivity index (χ1) is 10.6. The molecule has 0 aromatic heterocycles. The number of nitrogens with zero attached hydrogens (tertiary/aromatic N) is 1. The molecule has 0 N–H and O–H groups in total. The van der Waals surface area contributed by atoms with E-state index < -0.39 is 23.6 Å². The number of halogens is 3. The highest BCUT2D eigenvalue weighted by Gasteiger charge is 2.29. The summed E-state index contributed by atoms with van der Waals surface area (Å²) >= 11 is 0. The highest BCUT2D eigenvalue weighted by molar-refractivity contribution is 5.93. The van der Waals surface area contributed by atoms with E-state index >= 15 is 0 Å². The monoisotopic (exact) mass is 329 g/mol. The van der Waals surface area contributed by atoms with Gasteiger partial charge in [-0.15, -0.1) is 0 Å². The Morgan fingerprint density at radius 1 is 1.22 bits per heavy atom. The Hall–Kier alpha value is -2.31. The molecule has 0 bridgehead atoms. The minimum atomic E-state index is -4.40. The van der Waals surface area contributed by atoms with Crippen molar-refractivity contribution in [1.82, 2.24) is 4.90 Å². The quantitative estimate of drug-likeness (QED) is 0.616. The summed E-state index contributed by atoms with van der Waals surface area (Å²) < 4.78 is 41.9. The van der Waals surface area contributed by atoms with E-state index in [1.807, 2.05) is 0 Å². The second kappa shape index (κ2) is 7.80. The Labute approximate surface area is 132 Å². The number of carbonyl (C=O) groups excluding carboxylic acids is 2. The second-order valence-corrected chi connectivity index (χ2v) is 5.09. The van der Waals surface area contributed by atoms with Crippen LogP contribution >= 0.6 is 0 Å². The maximum absolute atomic E-state index is 12.5. The van der Waals surface area contributed by atoms with Crippen LogP contribution in [0.15, 0.2) is 30.3 Å². The molecule has 0 radical (unpaired) electrons. The van der Waals surface area contributed by atoms with Crippen LogP contribution in [0.25, 0.3) is 6.08 Å². The molecule has 1 rings (SSSR count). The van der Waals surface area contributed by atoms with Crippen molar-refractivity contribution in [3.63, 3.8) is 0 Å². The third-order valence-electron chi connectivity index (χ3n) is 3.09. The van der Waals surface area contributed by atoms with E-state index in [2.05, 4.69) is 4.74 Å². The lowest BCUT2D eigenvalue weighted by Crippen LogP contribution is -2.40. The van der Waals surface area contributed by atoms with Gasteiger partial charge in [0.1, 0.15) is 6.54 Å². The fourth-order valence-corrected chi connectivity index (χ4v) is 1.77. The summed E-state index contributed by atoms with van der Waals surface area (Å²) in [6.45, 7) is 3.30. The molecule has 0 unspecified atom stereocenters. The van der Waals surface area contributed by atoms with Gasteiger partial charge in [0.2, 0.25) is 5.91 Å². The summed E-state index contributed by atoms with van der Waals surface area (Å²) in [5.41, 5.74) is -0.302. The first kappa shape index (κ1) is 18.7. The fourth-order valence-electron chi connectivity index (χ4n) is 1.77. The summed E-state index contributed by atoms with van der Waals surface area (Å²) in [6.07, 6.45) is -1.78. The zero-order valence-corrected chi connectivity index (χ0v) is 13.1. The molecule has 7 heteroatoms. The topological polar surface area (TPSA) is 46.6 Å². The highest BCUT2D eigenvalue weighted by atomic mass is 19.4. The maximum Gasteiger partial charge on any atom is 0.416 e. The van der Waals surface area contributed by atoms with Crippen LogP contribution < -0.4 is 0 Å². The smallest absolute Gasteiger partial charge is 0.416 e. The molecule has 1 aromatic rings. The molecule has 0 aliphatic heterocycles. The largest absolute Gasteiger partial charge is 0.468 e. The number of carbonyl (C=O) groups is 2. The first-order valence-corrected chi connectivity index (χ1v) is 6.88. The number of hydrogen-bond acceptors (Lipinski definition) is 3. The number of benzene rings is 1. The predicted molar refractivity (Wildman–Crippen MR) is 79.3 cm³/mol. The van der Waals surface area contributed by atoms with Crippen molar-refractivity contribution in [3.8, 4) is 0 Å². The normalized spacial score (nSPS) is 11.8. The van der Waals surface area contributed by atoms with Gasteiger partial charge in [-0.05, 0) is 37.6 Å². The van der Waals surface area contributed by atoms with Gasteiger partial charge in [0.15, 0.2) is 0 Å². The number of methoxy groups -OCH3 is 1. The fraction of sp³-hybridized carbons (Fsp3) is 0.375. The van der Waals surface area contributed by atoms with Crippen molar-refractivity contribution >= 4 is 18.0 Å². The number of alkyl halides is 3. The van der Waals surface area contributed by atoms with E-state index in [1.165, 1.54) is 36.3 Å². The molecule has 0 saturated carbocycles. The maximum atomic E-state index is 12.5. The van der Waals surface area contributed by atoms with Crippen LogP contribution in [0.5, 0.6) is 0 Å². The SMILES string of the molecule is COC(=O)CN(C(=O)/C=C/c1ccc(C(F)(F)F)cc1)C(C)C. The van der Waals surface area contributed by atoms with Crippen molar-refractivity contribution in [3.05, 3.63) is 41.5 Å². The minimum Gasteiger partial charge on any atom is -0.468 e. The Morgan fingerprint density at radius 2 is 1.78 bits per heavy atom. The van der Waals surface area contributed by atoms with E-state index in [4.69, 9.17) is 0 Å². The van der Waals surface area contributed by atoms with Crippen molar-refractivity contribution in [1.29, 1.82) is 0 Å². The van der Waals surface area contributed by atoms with Crippen LogP contribution in [0, 0.1) is 0 Å². The van der Waals surface area contributed by atoms with Crippen LogP contribution in [0.2, 0.25) is 0 Å². The molecule has 0 fully saturated rings. The van der Waals surface area contributed by atoms with Gasteiger partial charge in [0.05, 0.1) is 12.7 Å². The number of rotatable bonds is 5. The molecular weight excluding hydrogens is 311 g/mol. The Balaban J connectivity index is 2.81. The molecule has 0 aliphatic carbocycles. The Bertz CT molecular complexity index is 577. The summed E-state index contributed by atoms with van der Waals surface area (Å²) in [4.78, 5) is 24.7. The van der Waals surface area contributed by atoms with Crippen LogP contribution in [-0.2, 0) is 20.5 Å². The van der Waals surface area contributed by atoms with Gasteiger partial charge in [-0.25, -0.2) is 0 Å². The molecule has 0 aliphatic rings. The molecule has 0 heterocycles. The molecular formula is C16H18F3NO3. The Morgan fingerprint density at radius 3 is 2.22 bits per heavy atom. The highest BCUT2D eigenvalue weighted by Crippen LogP contribution is 2.29. The third kappa shape index (κ3) is 5.77. The van der Waals surface area contributed by atoms with Crippen LogP contribution in [0.4, 0.5) is 13.2 Å². The molecule has 23 heavy (non-hydrogen) atoms. The molecule has 0 saturated heterocycles. The minimum absolute atomic E-state index is 0.190. The van der Waals surface area contributed by atoms with E-state index in [-0.39, 0.29) is 12.6 Å². The van der Waals surface area contributed by atoms with Crippen molar-refractivity contribution in [2.75, 3.05) is 13.7 Å². The molecule has 1 aromatic carbocycles. The summed E-state index contributed by atoms with van der Waals surface area (Å²) in [5, 5.41) is 0. The van der Waals surface area contributed by atoms with Gasteiger partial charge in [-0.2, -0.15) is 13.2 Å². The van der Waals surface area contributed by atoms with Gasteiger partial charge in [-0.1, -0.05) is 12.1 Å². The van der Waals surface area contributed by atoms with Gasteiger partial charge in [0, 0.05) is 12.1 Å². The molecule has 0 spiro atoms. The summed E-state index contributed by atoms with van der Waals surface area (Å²) in [7, 11) is 1.23. The lowest BCUT2D eigenvalue weighted by molar-refractivity contribution is -0.146. The van der Waals surface area contributed by atoms with E-state index in [0.29, 0.717) is 5.56 Å². The average Bonchev–Trinajstić information content (AvgIpc) is 2.49. The lowest BCUT2D eigenvalue weighted by Gasteiger charge is -2.24. The number of amides is 1. The molecule has 0 atom stereocenters. The second-order valence-electron chi connectivity index (χ2n) is 5.09. The first-order valence-electron chi connectivity index (χ1n) is 6.88. The molecule has 126 valence electrons. The van der Waals surface area contributed by atoms with Gasteiger partial charge >= 0.3 is 12.1 Å². The predicted octanol–water partition coefficient (Wildman–Crippen LogP) is 3.13. The zero-order valence-electron chi connectivity index (χ0n) is 13.1. The van der Waals surface area contributed by atoms with Crippen LogP contribution in [0.1, 0.15) is 25.0 Å². The van der Waals surface area contributed by atoms with Gasteiger partial charge in [0.25, 0.3) is 0 Å². The van der Waals surface area contributed by atoms with Gasteiger partial charge in [-0.3, -0.25) is 9.59 Å². The van der Waals surface area contributed by atoms with Crippen LogP contribution in [-0.4, -0.2) is 36.5 Å². The Kier molecular flexibility index (Phi) is 6.36. The van der Waals surface area contributed by atoms with Crippen molar-refractivity contribution < 1.29 is 27.5 Å². The average molecular weight is 329 g/mol. The standard InChI is InChI=1S/C16H18F3NO3/c1-11(2)20(10-15(22)23-3)14(21)9-6-12-4-7-13(8-5-12)16(17,18)19/h4-9,11H,10H2,1-3H3/b9-6+. The summed E-state index contributed by atoms with van der Waals surface area (Å²) in [6, 6.07) is 4.20. The van der Waals surface area contributed by atoms with E-state index in [9.17, 15) is 22.8 Å². The number of hydrogen-bond donors (Lipinski definition) is 0. The molecule has 1 amide bonds. The lowest BCUT2D eigenvalue weighted by atomic mass is 10.1. The molecule has 4 nitrogen and oxygen atoms in total. The van der Waals surface area contributed by atoms with E-state index in [0.717, 1.165) is 12.1 Å². The summed E-state index contributed by atoms with van der Waals surface area (Å²) in [5.74, 6) is -0.972. The van der Waals surface area contributed by atoms with Crippen molar-refractivity contribution in [2.45, 2.75) is 26.1 Å². The van der Waals surface area contributed by atoms with Crippen molar-refractivity contribution in [2.24, 2.45) is 0 Å². The van der Waals surface area contributed by atoms with E-state index in [1.54, 1.807) is 13.8 Å².